The molecule has 102 valence electrons. The Morgan fingerprint density at radius 1 is 1.32 bits per heavy atom. The highest BCUT2D eigenvalue weighted by Gasteiger charge is 2.30. The van der Waals surface area contributed by atoms with Crippen molar-refractivity contribution in [1.29, 1.82) is 0 Å². The first kappa shape index (κ1) is 13.6. The highest BCUT2D eigenvalue weighted by Crippen LogP contribution is 2.26. The van der Waals surface area contributed by atoms with Gasteiger partial charge in [-0.1, -0.05) is 44.2 Å². The van der Waals surface area contributed by atoms with Crippen LogP contribution in [-0.4, -0.2) is 29.8 Å². The van der Waals surface area contributed by atoms with Crippen LogP contribution in [0.5, 0.6) is 0 Å². The van der Waals surface area contributed by atoms with Crippen LogP contribution in [0.3, 0.4) is 0 Å². The van der Waals surface area contributed by atoms with E-state index in [1.165, 1.54) is 0 Å². The van der Waals surface area contributed by atoms with Gasteiger partial charge >= 0.3 is 0 Å². The molecule has 0 aliphatic carbocycles. The average molecular weight is 260 g/mol. The molecule has 0 aromatic heterocycles. The van der Waals surface area contributed by atoms with Gasteiger partial charge in [-0.2, -0.15) is 0 Å². The van der Waals surface area contributed by atoms with Crippen molar-refractivity contribution in [2.24, 2.45) is 5.92 Å². The average Bonchev–Trinajstić information content (AvgIpc) is 2.60. The summed E-state index contributed by atoms with van der Waals surface area (Å²) in [5.41, 5.74) is 1.02. The molecule has 1 saturated heterocycles. The first-order chi connectivity index (χ1) is 9.09. The van der Waals surface area contributed by atoms with Crippen molar-refractivity contribution in [3.8, 4) is 0 Å². The minimum atomic E-state index is -0.154. The van der Waals surface area contributed by atoms with E-state index in [0.29, 0.717) is 19.5 Å². The van der Waals surface area contributed by atoms with Gasteiger partial charge in [-0.25, -0.2) is 0 Å². The van der Waals surface area contributed by atoms with Gasteiger partial charge in [0, 0.05) is 19.0 Å². The van der Waals surface area contributed by atoms with E-state index in [1.807, 2.05) is 49.1 Å². The topological polar surface area (TPSA) is 49.4 Å². The third kappa shape index (κ3) is 3.13. The van der Waals surface area contributed by atoms with Crippen LogP contribution < -0.4 is 5.32 Å². The maximum Gasteiger partial charge on any atom is 0.225 e. The lowest BCUT2D eigenvalue weighted by Crippen LogP contribution is -2.39. The van der Waals surface area contributed by atoms with Crippen LogP contribution >= 0.6 is 0 Å². The first-order valence-corrected chi connectivity index (χ1v) is 6.71. The molecule has 1 aliphatic rings. The minimum Gasteiger partial charge on any atom is -0.354 e. The summed E-state index contributed by atoms with van der Waals surface area (Å²) in [5, 5.41) is 2.84. The molecule has 1 aromatic carbocycles. The number of nitrogens with zero attached hydrogens (tertiary/aromatic N) is 1. The zero-order chi connectivity index (χ0) is 13.8. The first-order valence-electron chi connectivity index (χ1n) is 6.71. The maximum absolute atomic E-state index is 12.3. The summed E-state index contributed by atoms with van der Waals surface area (Å²) >= 11 is 0. The summed E-state index contributed by atoms with van der Waals surface area (Å²) < 4.78 is 0. The van der Waals surface area contributed by atoms with Gasteiger partial charge in [0.1, 0.15) is 0 Å². The van der Waals surface area contributed by atoms with Gasteiger partial charge in [-0.3, -0.25) is 9.59 Å². The van der Waals surface area contributed by atoms with Crippen LogP contribution in [0.2, 0.25) is 0 Å². The summed E-state index contributed by atoms with van der Waals surface area (Å²) in [7, 11) is 0. The van der Waals surface area contributed by atoms with E-state index in [1.54, 1.807) is 0 Å². The Morgan fingerprint density at radius 3 is 2.63 bits per heavy atom. The predicted octanol–water partition coefficient (Wildman–Crippen LogP) is 1.73. The van der Waals surface area contributed by atoms with E-state index >= 15 is 0 Å². The molecule has 0 radical (unpaired) electrons. The quantitative estimate of drug-likeness (QED) is 0.880. The number of hydrogen-bond donors (Lipinski definition) is 1. The van der Waals surface area contributed by atoms with Crippen LogP contribution in [-0.2, 0) is 9.59 Å². The molecule has 2 amide bonds. The molecule has 0 bridgehead atoms. The molecule has 1 atom stereocenters. The normalized spacial score (nSPS) is 20.1. The zero-order valence-corrected chi connectivity index (χ0v) is 11.4. The minimum absolute atomic E-state index is 0.00732. The highest BCUT2D eigenvalue weighted by atomic mass is 16.2. The van der Waals surface area contributed by atoms with E-state index in [4.69, 9.17) is 0 Å². The summed E-state index contributed by atoms with van der Waals surface area (Å²) in [6, 6.07) is 9.62. The van der Waals surface area contributed by atoms with Gasteiger partial charge < -0.3 is 10.2 Å². The number of rotatable bonds is 2. The Balaban J connectivity index is 2.31. The van der Waals surface area contributed by atoms with Crippen molar-refractivity contribution in [3.05, 3.63) is 35.9 Å². The highest BCUT2D eigenvalue weighted by molar-refractivity contribution is 5.82. The molecular weight excluding hydrogens is 240 g/mol. The van der Waals surface area contributed by atoms with Gasteiger partial charge in [-0.15, -0.1) is 0 Å². The number of carbonyl (C=O) groups excluding carboxylic acids is 2. The summed E-state index contributed by atoms with van der Waals surface area (Å²) in [6.07, 6.45) is 0.336. The van der Waals surface area contributed by atoms with E-state index in [2.05, 4.69) is 5.32 Å². The van der Waals surface area contributed by atoms with Crippen LogP contribution in [0, 0.1) is 5.92 Å². The third-order valence-corrected chi connectivity index (χ3v) is 3.39. The largest absolute Gasteiger partial charge is 0.354 e. The predicted molar refractivity (Wildman–Crippen MR) is 73.4 cm³/mol. The lowest BCUT2D eigenvalue weighted by atomic mass is 10.0. The standard InChI is InChI=1S/C15H20N2O2/c1-11(2)15(19)17-9-8-16-14(18)10-13(17)12-6-4-3-5-7-12/h3-7,11,13H,8-10H2,1-2H3,(H,16,18)/t13-/m0/s1. The van der Waals surface area contributed by atoms with Crippen molar-refractivity contribution in [3.63, 3.8) is 0 Å². The molecule has 2 rings (SSSR count). The van der Waals surface area contributed by atoms with E-state index in [9.17, 15) is 9.59 Å². The Kier molecular flexibility index (Phi) is 4.20. The molecule has 1 aromatic rings. The van der Waals surface area contributed by atoms with Crippen LogP contribution in [0.25, 0.3) is 0 Å². The smallest absolute Gasteiger partial charge is 0.225 e. The number of amides is 2. The molecule has 1 aliphatic heterocycles. The van der Waals surface area contributed by atoms with Gasteiger partial charge in [-0.05, 0) is 5.56 Å². The Labute approximate surface area is 113 Å². The van der Waals surface area contributed by atoms with Crippen molar-refractivity contribution in [2.75, 3.05) is 13.1 Å². The number of benzene rings is 1. The number of carbonyl (C=O) groups is 2. The van der Waals surface area contributed by atoms with E-state index in [0.717, 1.165) is 5.56 Å². The van der Waals surface area contributed by atoms with Crippen molar-refractivity contribution in [1.82, 2.24) is 10.2 Å². The molecule has 19 heavy (non-hydrogen) atoms. The summed E-state index contributed by atoms with van der Waals surface area (Å²) in [6.45, 7) is 4.89. The zero-order valence-electron chi connectivity index (χ0n) is 11.4. The molecule has 1 heterocycles. The second kappa shape index (κ2) is 5.87. The molecule has 0 unspecified atom stereocenters. The lowest BCUT2D eigenvalue weighted by Gasteiger charge is -2.31. The number of hydrogen-bond acceptors (Lipinski definition) is 2. The van der Waals surface area contributed by atoms with E-state index < -0.39 is 0 Å². The summed E-state index contributed by atoms with van der Waals surface area (Å²) in [4.78, 5) is 25.9. The molecular formula is C15H20N2O2. The van der Waals surface area contributed by atoms with Crippen molar-refractivity contribution in [2.45, 2.75) is 26.3 Å². The van der Waals surface area contributed by atoms with Gasteiger partial charge in [0.25, 0.3) is 0 Å². The SMILES string of the molecule is CC(C)C(=O)N1CCNC(=O)C[C@H]1c1ccccc1. The lowest BCUT2D eigenvalue weighted by molar-refractivity contribution is -0.137. The van der Waals surface area contributed by atoms with E-state index in [-0.39, 0.29) is 23.8 Å². The van der Waals surface area contributed by atoms with Crippen LogP contribution in [0.1, 0.15) is 31.9 Å². The Hall–Kier alpha value is -1.84. The van der Waals surface area contributed by atoms with Gasteiger partial charge in [0.05, 0.1) is 12.5 Å². The Bertz CT molecular complexity index is 456. The third-order valence-electron chi connectivity index (χ3n) is 3.39. The fraction of sp³-hybridized carbons (Fsp3) is 0.467. The molecule has 0 saturated carbocycles. The fourth-order valence-corrected chi connectivity index (χ4v) is 2.40. The Morgan fingerprint density at radius 2 is 2.00 bits per heavy atom. The van der Waals surface area contributed by atoms with Gasteiger partial charge in [0.15, 0.2) is 0 Å². The molecule has 1 fully saturated rings. The number of nitrogens with one attached hydrogen (secondary N) is 1. The molecule has 0 spiro atoms. The van der Waals surface area contributed by atoms with Crippen molar-refractivity contribution >= 4 is 11.8 Å². The summed E-state index contributed by atoms with van der Waals surface area (Å²) in [5.74, 6) is 0.0534. The maximum atomic E-state index is 12.3. The molecule has 4 nitrogen and oxygen atoms in total. The monoisotopic (exact) mass is 260 g/mol. The van der Waals surface area contributed by atoms with Crippen molar-refractivity contribution < 1.29 is 9.59 Å². The fourth-order valence-electron chi connectivity index (χ4n) is 2.40. The van der Waals surface area contributed by atoms with Crippen LogP contribution in [0.15, 0.2) is 30.3 Å². The second-order valence-electron chi connectivity index (χ2n) is 5.17. The second-order valence-corrected chi connectivity index (χ2v) is 5.17. The molecule has 1 N–H and O–H groups in total. The van der Waals surface area contributed by atoms with Crippen LogP contribution in [0.4, 0.5) is 0 Å². The van der Waals surface area contributed by atoms with Gasteiger partial charge in [0.2, 0.25) is 11.8 Å². The molecule has 4 heteroatoms.